The normalized spacial score (nSPS) is 25.1. The van der Waals surface area contributed by atoms with Gasteiger partial charge in [-0.3, -0.25) is 0 Å². The molecule has 1 aliphatic heterocycles. The van der Waals surface area contributed by atoms with Crippen LogP contribution in [0, 0.1) is 0 Å². The number of hydrogen-bond acceptors (Lipinski definition) is 3. The Bertz CT molecular complexity index is 59.4. The molecule has 0 aromatic rings. The maximum Gasteiger partial charge on any atom is 0.0578 e. The lowest BCUT2D eigenvalue weighted by Gasteiger charge is -2.09. The van der Waals surface area contributed by atoms with Gasteiger partial charge in [0, 0.05) is 6.54 Å². The van der Waals surface area contributed by atoms with Crippen LogP contribution in [-0.4, -0.2) is 24.1 Å². The molecule has 0 spiro atoms. The van der Waals surface area contributed by atoms with Gasteiger partial charge in [-0.2, -0.15) is 0 Å². The van der Waals surface area contributed by atoms with E-state index < -0.39 is 0 Å². The third-order valence-electron chi connectivity index (χ3n) is 1.31. The SMILES string of the molecule is SN1CCCCNC1. The number of hydrogen-bond donors (Lipinski definition) is 2. The molecule has 8 heavy (non-hydrogen) atoms. The molecule has 0 amide bonds. The zero-order chi connectivity index (χ0) is 5.82. The average molecular weight is 132 g/mol. The Hall–Kier alpha value is 0.270. The predicted molar refractivity (Wildman–Crippen MR) is 37.8 cm³/mol. The Morgan fingerprint density at radius 3 is 3.12 bits per heavy atom. The molecule has 0 unspecified atom stereocenters. The molecule has 1 rings (SSSR count). The summed E-state index contributed by atoms with van der Waals surface area (Å²) in [7, 11) is 0. The van der Waals surface area contributed by atoms with E-state index in [-0.39, 0.29) is 0 Å². The summed E-state index contributed by atoms with van der Waals surface area (Å²) in [4.78, 5) is 0. The fourth-order valence-corrected chi connectivity index (χ4v) is 1.07. The Kier molecular flexibility index (Phi) is 2.66. The van der Waals surface area contributed by atoms with Crippen molar-refractivity contribution in [3.63, 3.8) is 0 Å². The summed E-state index contributed by atoms with van der Waals surface area (Å²) in [5, 5.41) is 3.25. The minimum absolute atomic E-state index is 0.934. The Labute approximate surface area is 55.8 Å². The fraction of sp³-hybridized carbons (Fsp3) is 1.00. The van der Waals surface area contributed by atoms with Crippen LogP contribution in [0.4, 0.5) is 0 Å². The topological polar surface area (TPSA) is 15.3 Å². The largest absolute Gasteiger partial charge is 0.304 e. The van der Waals surface area contributed by atoms with E-state index in [9.17, 15) is 0 Å². The van der Waals surface area contributed by atoms with Crippen LogP contribution in [0.3, 0.4) is 0 Å². The van der Waals surface area contributed by atoms with Gasteiger partial charge in [-0.05, 0) is 19.4 Å². The molecule has 0 atom stereocenters. The van der Waals surface area contributed by atoms with Crippen molar-refractivity contribution >= 4 is 12.8 Å². The summed E-state index contributed by atoms with van der Waals surface area (Å²) in [5.74, 6) is 0. The molecule has 2 nitrogen and oxygen atoms in total. The Morgan fingerprint density at radius 2 is 2.25 bits per heavy atom. The third-order valence-corrected chi connectivity index (χ3v) is 1.66. The van der Waals surface area contributed by atoms with Crippen molar-refractivity contribution in [3.05, 3.63) is 0 Å². The summed E-state index contributed by atoms with van der Waals surface area (Å²) >= 11 is 4.20. The molecule has 0 saturated carbocycles. The van der Waals surface area contributed by atoms with Crippen LogP contribution in [0.1, 0.15) is 12.8 Å². The van der Waals surface area contributed by atoms with E-state index in [1.807, 2.05) is 4.31 Å². The van der Waals surface area contributed by atoms with Crippen molar-refractivity contribution in [2.75, 3.05) is 19.8 Å². The first-order valence-electron chi connectivity index (χ1n) is 3.04. The summed E-state index contributed by atoms with van der Waals surface area (Å²) in [6.07, 6.45) is 2.56. The number of nitrogens with one attached hydrogen (secondary N) is 1. The number of thiol groups is 1. The van der Waals surface area contributed by atoms with E-state index in [4.69, 9.17) is 0 Å². The first-order valence-corrected chi connectivity index (χ1v) is 3.44. The van der Waals surface area contributed by atoms with Gasteiger partial charge in [0.25, 0.3) is 0 Å². The second-order valence-electron chi connectivity index (χ2n) is 2.10. The van der Waals surface area contributed by atoms with E-state index in [1.165, 1.54) is 12.8 Å². The highest BCUT2D eigenvalue weighted by Gasteiger charge is 2.01. The molecular weight excluding hydrogens is 120 g/mol. The van der Waals surface area contributed by atoms with Gasteiger partial charge in [0.05, 0.1) is 6.67 Å². The van der Waals surface area contributed by atoms with Gasteiger partial charge in [0.15, 0.2) is 0 Å². The van der Waals surface area contributed by atoms with Crippen molar-refractivity contribution < 1.29 is 0 Å². The zero-order valence-corrected chi connectivity index (χ0v) is 5.82. The van der Waals surface area contributed by atoms with Gasteiger partial charge >= 0.3 is 0 Å². The van der Waals surface area contributed by atoms with Gasteiger partial charge in [-0.15, -0.1) is 0 Å². The molecule has 3 heteroatoms. The van der Waals surface area contributed by atoms with Crippen molar-refractivity contribution in [3.8, 4) is 0 Å². The minimum atomic E-state index is 0.934. The van der Waals surface area contributed by atoms with Crippen molar-refractivity contribution in [2.45, 2.75) is 12.8 Å². The van der Waals surface area contributed by atoms with Crippen LogP contribution in [0.2, 0.25) is 0 Å². The molecule has 48 valence electrons. The lowest BCUT2D eigenvalue weighted by Crippen LogP contribution is -2.24. The van der Waals surface area contributed by atoms with E-state index in [1.54, 1.807) is 0 Å². The first-order chi connectivity index (χ1) is 3.89. The van der Waals surface area contributed by atoms with Crippen molar-refractivity contribution in [1.82, 2.24) is 9.62 Å². The first kappa shape index (κ1) is 6.39. The molecule has 1 N–H and O–H groups in total. The van der Waals surface area contributed by atoms with Crippen molar-refractivity contribution in [2.24, 2.45) is 0 Å². The maximum atomic E-state index is 4.20. The molecule has 1 saturated heterocycles. The Morgan fingerprint density at radius 1 is 1.38 bits per heavy atom. The zero-order valence-electron chi connectivity index (χ0n) is 4.93. The van der Waals surface area contributed by atoms with Crippen LogP contribution in [-0.2, 0) is 0 Å². The summed E-state index contributed by atoms with van der Waals surface area (Å²) < 4.78 is 2.01. The van der Waals surface area contributed by atoms with E-state index in [2.05, 4.69) is 18.1 Å². The molecule has 1 aliphatic rings. The average Bonchev–Trinajstić information content (AvgIpc) is 1.94. The molecule has 1 fully saturated rings. The highest BCUT2D eigenvalue weighted by atomic mass is 32.1. The summed E-state index contributed by atoms with van der Waals surface area (Å²) in [6.45, 7) is 3.20. The quantitative estimate of drug-likeness (QED) is 0.466. The lowest BCUT2D eigenvalue weighted by atomic mass is 10.3. The monoisotopic (exact) mass is 132 g/mol. The number of nitrogens with zero attached hydrogens (tertiary/aromatic N) is 1. The van der Waals surface area contributed by atoms with Gasteiger partial charge in [0.2, 0.25) is 0 Å². The molecule has 0 bridgehead atoms. The van der Waals surface area contributed by atoms with Crippen LogP contribution >= 0.6 is 12.8 Å². The highest BCUT2D eigenvalue weighted by molar-refractivity contribution is 7.77. The van der Waals surface area contributed by atoms with Crippen LogP contribution in [0.5, 0.6) is 0 Å². The molecule has 0 radical (unpaired) electrons. The summed E-state index contributed by atoms with van der Waals surface area (Å²) in [6, 6.07) is 0. The predicted octanol–water partition coefficient (Wildman–Crippen LogP) is 0.474. The highest BCUT2D eigenvalue weighted by Crippen LogP contribution is 1.99. The van der Waals surface area contributed by atoms with Crippen molar-refractivity contribution in [1.29, 1.82) is 0 Å². The van der Waals surface area contributed by atoms with E-state index in [0.29, 0.717) is 0 Å². The fourth-order valence-electron chi connectivity index (χ4n) is 0.831. The molecular formula is C5H12N2S. The van der Waals surface area contributed by atoms with Gasteiger partial charge in [0.1, 0.15) is 0 Å². The second-order valence-corrected chi connectivity index (χ2v) is 2.66. The molecule has 0 aromatic heterocycles. The smallest absolute Gasteiger partial charge is 0.0578 e. The summed E-state index contributed by atoms with van der Waals surface area (Å²) in [5.41, 5.74) is 0. The van der Waals surface area contributed by atoms with Crippen LogP contribution in [0.15, 0.2) is 0 Å². The second kappa shape index (κ2) is 3.33. The molecule has 1 heterocycles. The lowest BCUT2D eigenvalue weighted by molar-refractivity contribution is 0.470. The van der Waals surface area contributed by atoms with Gasteiger partial charge in [-0.1, -0.05) is 12.8 Å². The third kappa shape index (κ3) is 2.03. The van der Waals surface area contributed by atoms with Crippen LogP contribution in [0.25, 0.3) is 0 Å². The van der Waals surface area contributed by atoms with E-state index in [0.717, 1.165) is 19.8 Å². The maximum absolute atomic E-state index is 4.20. The Balaban J connectivity index is 2.17. The van der Waals surface area contributed by atoms with Crippen LogP contribution < -0.4 is 5.32 Å². The molecule has 0 aliphatic carbocycles. The standard InChI is InChI=1S/C5H12N2S/c8-7-4-2-1-3-6-5-7/h6,8H,1-5H2. The number of rotatable bonds is 0. The molecule has 0 aromatic carbocycles. The van der Waals surface area contributed by atoms with Gasteiger partial charge < -0.3 is 5.32 Å². The van der Waals surface area contributed by atoms with Gasteiger partial charge in [-0.25, -0.2) is 4.31 Å². The van der Waals surface area contributed by atoms with E-state index >= 15 is 0 Å². The minimum Gasteiger partial charge on any atom is -0.304 e.